The molecule has 0 bridgehead atoms. The topological polar surface area (TPSA) is 38.3 Å². The first kappa shape index (κ1) is 11.5. The maximum absolute atomic E-state index is 11.1. The normalized spacial score (nSPS) is 23.4. The van der Waals surface area contributed by atoms with Crippen LogP contribution in [0.1, 0.15) is 12.0 Å². The van der Waals surface area contributed by atoms with Gasteiger partial charge in [0.1, 0.15) is 6.10 Å². The van der Waals surface area contributed by atoms with Gasteiger partial charge in [-0.25, -0.2) is 4.79 Å². The van der Waals surface area contributed by atoms with Gasteiger partial charge in [0.25, 0.3) is 0 Å². The summed E-state index contributed by atoms with van der Waals surface area (Å²) in [4.78, 5) is 11.1. The number of amides is 1. The summed E-state index contributed by atoms with van der Waals surface area (Å²) in [5, 5.41) is 2.76. The second-order valence-electron chi connectivity index (χ2n) is 3.91. The molecule has 1 saturated heterocycles. The molecule has 1 aromatic carbocycles. The molecule has 1 aliphatic rings. The van der Waals surface area contributed by atoms with E-state index in [0.29, 0.717) is 6.42 Å². The molecule has 1 amide bonds. The molecule has 0 spiro atoms. The largest absolute Gasteiger partial charge is 0.440 e. The van der Waals surface area contributed by atoms with Crippen molar-refractivity contribution in [2.24, 2.45) is 0 Å². The van der Waals surface area contributed by atoms with Gasteiger partial charge < -0.3 is 10.1 Å². The summed E-state index contributed by atoms with van der Waals surface area (Å²) in [6.07, 6.45) is 5.77. The van der Waals surface area contributed by atoms with Gasteiger partial charge in [0.2, 0.25) is 0 Å². The number of carbonyl (C=O) groups is 1. The zero-order valence-corrected chi connectivity index (χ0v) is 9.50. The highest BCUT2D eigenvalue weighted by Gasteiger charge is 2.30. The molecule has 1 fully saturated rings. The Morgan fingerprint density at radius 1 is 1.35 bits per heavy atom. The smallest absolute Gasteiger partial charge is 0.408 e. The van der Waals surface area contributed by atoms with E-state index in [9.17, 15) is 4.79 Å². The van der Waals surface area contributed by atoms with E-state index in [0.717, 1.165) is 5.56 Å². The SMILES string of the molecule is C=CC[C@H]1NC(=O)O[C@@H]1/C=C/c1ccccc1. The maximum Gasteiger partial charge on any atom is 0.408 e. The lowest BCUT2D eigenvalue weighted by Crippen LogP contribution is -2.29. The van der Waals surface area contributed by atoms with Crippen molar-refractivity contribution in [2.75, 3.05) is 0 Å². The van der Waals surface area contributed by atoms with Crippen molar-refractivity contribution in [3.05, 3.63) is 54.6 Å². The quantitative estimate of drug-likeness (QED) is 0.806. The third kappa shape index (κ3) is 2.97. The maximum atomic E-state index is 11.1. The molecule has 2 atom stereocenters. The number of rotatable bonds is 4. The van der Waals surface area contributed by atoms with Crippen LogP contribution in [-0.4, -0.2) is 18.2 Å². The molecule has 0 saturated carbocycles. The van der Waals surface area contributed by atoms with Crippen LogP contribution in [0.4, 0.5) is 4.79 Å². The molecule has 1 aromatic rings. The van der Waals surface area contributed by atoms with E-state index in [-0.39, 0.29) is 18.2 Å². The van der Waals surface area contributed by atoms with E-state index < -0.39 is 0 Å². The van der Waals surface area contributed by atoms with Gasteiger partial charge in [0, 0.05) is 0 Å². The van der Waals surface area contributed by atoms with Crippen molar-refractivity contribution in [1.29, 1.82) is 0 Å². The molecule has 1 heterocycles. The number of hydrogen-bond donors (Lipinski definition) is 1. The molecule has 1 aliphatic heterocycles. The third-order valence-electron chi connectivity index (χ3n) is 2.64. The summed E-state index contributed by atoms with van der Waals surface area (Å²) in [5.41, 5.74) is 1.09. The van der Waals surface area contributed by atoms with E-state index in [4.69, 9.17) is 4.74 Å². The van der Waals surface area contributed by atoms with Crippen LogP contribution in [0.25, 0.3) is 6.08 Å². The Bertz CT molecular complexity index is 425. The molecule has 1 N–H and O–H groups in total. The Morgan fingerprint density at radius 3 is 2.82 bits per heavy atom. The fourth-order valence-electron chi connectivity index (χ4n) is 1.79. The van der Waals surface area contributed by atoms with Crippen molar-refractivity contribution >= 4 is 12.2 Å². The second kappa shape index (κ2) is 5.34. The number of benzene rings is 1. The highest BCUT2D eigenvalue weighted by atomic mass is 16.6. The van der Waals surface area contributed by atoms with Gasteiger partial charge in [-0.05, 0) is 18.1 Å². The molecule has 0 aliphatic carbocycles. The van der Waals surface area contributed by atoms with Crippen LogP contribution in [0.2, 0.25) is 0 Å². The average molecular weight is 229 g/mol. The summed E-state index contributed by atoms with van der Waals surface area (Å²) in [6.45, 7) is 3.67. The van der Waals surface area contributed by atoms with Gasteiger partial charge >= 0.3 is 6.09 Å². The third-order valence-corrected chi connectivity index (χ3v) is 2.64. The first-order chi connectivity index (χ1) is 8.29. The van der Waals surface area contributed by atoms with Crippen LogP contribution in [-0.2, 0) is 4.74 Å². The number of ether oxygens (including phenoxy) is 1. The van der Waals surface area contributed by atoms with Crippen molar-refractivity contribution in [2.45, 2.75) is 18.6 Å². The number of hydrogen-bond acceptors (Lipinski definition) is 2. The lowest BCUT2D eigenvalue weighted by molar-refractivity contribution is 0.153. The standard InChI is InChI=1S/C14H15NO2/c1-2-6-12-13(17-14(16)15-12)10-9-11-7-4-3-5-8-11/h2-5,7-10,12-13H,1,6H2,(H,15,16)/b10-9+/t12-,13-/m1/s1. The lowest BCUT2D eigenvalue weighted by atomic mass is 10.1. The Morgan fingerprint density at radius 2 is 2.12 bits per heavy atom. The molecular weight excluding hydrogens is 214 g/mol. The van der Waals surface area contributed by atoms with Crippen molar-refractivity contribution in [3.8, 4) is 0 Å². The Labute approximate surface area is 101 Å². The Hall–Kier alpha value is -2.03. The first-order valence-electron chi connectivity index (χ1n) is 5.61. The number of cyclic esters (lactones) is 1. The molecule has 0 unspecified atom stereocenters. The summed E-state index contributed by atoms with van der Waals surface area (Å²) < 4.78 is 5.16. The van der Waals surface area contributed by atoms with Gasteiger partial charge in [-0.3, -0.25) is 0 Å². The van der Waals surface area contributed by atoms with Crippen LogP contribution in [0.3, 0.4) is 0 Å². The minimum atomic E-state index is -0.362. The zero-order valence-electron chi connectivity index (χ0n) is 9.50. The summed E-state index contributed by atoms with van der Waals surface area (Å²) >= 11 is 0. The number of nitrogens with one attached hydrogen (secondary N) is 1. The molecule has 88 valence electrons. The van der Waals surface area contributed by atoms with Gasteiger partial charge in [0.15, 0.2) is 0 Å². The molecule has 0 radical (unpaired) electrons. The molecule has 3 nitrogen and oxygen atoms in total. The zero-order chi connectivity index (χ0) is 12.1. The van der Waals surface area contributed by atoms with Crippen LogP contribution in [0, 0.1) is 0 Å². The highest BCUT2D eigenvalue weighted by molar-refractivity contribution is 5.71. The second-order valence-corrected chi connectivity index (χ2v) is 3.91. The van der Waals surface area contributed by atoms with Crippen LogP contribution >= 0.6 is 0 Å². The monoisotopic (exact) mass is 229 g/mol. The van der Waals surface area contributed by atoms with E-state index in [1.165, 1.54) is 0 Å². The van der Waals surface area contributed by atoms with E-state index in [1.54, 1.807) is 6.08 Å². The minimum absolute atomic E-state index is 0.0139. The number of carbonyl (C=O) groups excluding carboxylic acids is 1. The molecule has 0 aromatic heterocycles. The number of alkyl carbamates (subject to hydrolysis) is 1. The van der Waals surface area contributed by atoms with Gasteiger partial charge in [-0.1, -0.05) is 42.5 Å². The predicted molar refractivity (Wildman–Crippen MR) is 67.5 cm³/mol. The molecular formula is C14H15NO2. The fraction of sp³-hybridized carbons (Fsp3) is 0.214. The van der Waals surface area contributed by atoms with E-state index in [1.807, 2.05) is 42.5 Å². The van der Waals surface area contributed by atoms with Crippen LogP contribution < -0.4 is 5.32 Å². The average Bonchev–Trinajstić information content (AvgIpc) is 2.69. The first-order valence-corrected chi connectivity index (χ1v) is 5.61. The van der Waals surface area contributed by atoms with E-state index in [2.05, 4.69) is 11.9 Å². The molecule has 2 rings (SSSR count). The molecule has 17 heavy (non-hydrogen) atoms. The summed E-state index contributed by atoms with van der Waals surface area (Å²) in [6, 6.07) is 9.90. The minimum Gasteiger partial charge on any atom is -0.440 e. The Kier molecular flexibility index (Phi) is 3.60. The summed E-state index contributed by atoms with van der Waals surface area (Å²) in [7, 11) is 0. The lowest BCUT2D eigenvalue weighted by Gasteiger charge is -2.10. The van der Waals surface area contributed by atoms with Gasteiger partial charge in [0.05, 0.1) is 6.04 Å². The van der Waals surface area contributed by atoms with Crippen molar-refractivity contribution < 1.29 is 9.53 Å². The predicted octanol–water partition coefficient (Wildman–Crippen LogP) is 2.75. The van der Waals surface area contributed by atoms with Crippen molar-refractivity contribution in [1.82, 2.24) is 5.32 Å². The van der Waals surface area contributed by atoms with E-state index >= 15 is 0 Å². The van der Waals surface area contributed by atoms with Gasteiger partial charge in [-0.15, -0.1) is 6.58 Å². The van der Waals surface area contributed by atoms with Crippen molar-refractivity contribution in [3.63, 3.8) is 0 Å². The van der Waals surface area contributed by atoms with Gasteiger partial charge in [-0.2, -0.15) is 0 Å². The highest BCUT2D eigenvalue weighted by Crippen LogP contribution is 2.15. The Balaban J connectivity index is 2.04. The van der Waals surface area contributed by atoms with Crippen LogP contribution in [0.5, 0.6) is 0 Å². The fourth-order valence-corrected chi connectivity index (χ4v) is 1.79. The molecule has 3 heteroatoms. The van der Waals surface area contributed by atoms with Crippen LogP contribution in [0.15, 0.2) is 49.1 Å². The summed E-state index contributed by atoms with van der Waals surface area (Å²) in [5.74, 6) is 0.